The Morgan fingerprint density at radius 1 is 1.52 bits per heavy atom. The van der Waals surface area contributed by atoms with Crippen molar-refractivity contribution in [3.05, 3.63) is 11.3 Å². The van der Waals surface area contributed by atoms with Crippen LogP contribution in [0.3, 0.4) is 0 Å². The SMILES string of the molecule is CO[C@H]1CCC[C@H]2C1=C(C(=O)O)N1C(=O)C([C@H](O)CF)[C@@H]21. The third kappa shape index (κ3) is 1.83. The van der Waals surface area contributed by atoms with Crippen molar-refractivity contribution >= 4 is 11.9 Å². The highest BCUT2D eigenvalue weighted by atomic mass is 19.1. The molecule has 7 heteroatoms. The number of carbonyl (C=O) groups is 2. The maximum atomic E-state index is 12.7. The minimum absolute atomic E-state index is 0.0242. The fourth-order valence-corrected chi connectivity index (χ4v) is 4.08. The fraction of sp³-hybridized carbons (Fsp3) is 0.714. The maximum Gasteiger partial charge on any atom is 0.352 e. The lowest BCUT2D eigenvalue weighted by Crippen LogP contribution is -2.64. The number of aliphatic carboxylic acids is 1. The molecule has 0 bridgehead atoms. The lowest BCUT2D eigenvalue weighted by molar-refractivity contribution is -0.165. The van der Waals surface area contributed by atoms with Crippen molar-refractivity contribution in [1.29, 1.82) is 0 Å². The van der Waals surface area contributed by atoms with Gasteiger partial charge in [0, 0.05) is 13.0 Å². The first-order valence-electron chi connectivity index (χ1n) is 7.10. The average molecular weight is 299 g/mol. The second-order valence-corrected chi connectivity index (χ2v) is 5.82. The lowest BCUT2D eigenvalue weighted by atomic mass is 9.71. The van der Waals surface area contributed by atoms with Gasteiger partial charge in [0.1, 0.15) is 12.4 Å². The molecule has 3 rings (SSSR count). The first kappa shape index (κ1) is 14.5. The summed E-state index contributed by atoms with van der Waals surface area (Å²) in [6, 6.07) is -0.442. The van der Waals surface area contributed by atoms with Crippen LogP contribution in [0.5, 0.6) is 0 Å². The number of amides is 1. The molecule has 21 heavy (non-hydrogen) atoms. The number of halogens is 1. The van der Waals surface area contributed by atoms with Crippen molar-refractivity contribution in [1.82, 2.24) is 4.90 Å². The summed E-state index contributed by atoms with van der Waals surface area (Å²) in [6.07, 6.45) is 0.615. The van der Waals surface area contributed by atoms with Gasteiger partial charge in [-0.15, -0.1) is 0 Å². The van der Waals surface area contributed by atoms with Gasteiger partial charge in [-0.3, -0.25) is 4.79 Å². The number of hydrogen-bond acceptors (Lipinski definition) is 4. The number of methoxy groups -OCH3 is 1. The molecule has 1 saturated heterocycles. The lowest BCUT2D eigenvalue weighted by Gasteiger charge is -2.47. The number of ether oxygens (including phenoxy) is 1. The Kier molecular flexibility index (Phi) is 3.49. The minimum atomic E-state index is -1.36. The van der Waals surface area contributed by atoms with Crippen LogP contribution in [0.1, 0.15) is 19.3 Å². The van der Waals surface area contributed by atoms with E-state index in [1.54, 1.807) is 0 Å². The normalized spacial score (nSPS) is 36.1. The molecule has 1 aliphatic carbocycles. The van der Waals surface area contributed by atoms with Crippen LogP contribution in [0, 0.1) is 11.8 Å². The van der Waals surface area contributed by atoms with Gasteiger partial charge in [0.15, 0.2) is 0 Å². The van der Waals surface area contributed by atoms with Crippen molar-refractivity contribution < 1.29 is 28.9 Å². The summed E-state index contributed by atoms with van der Waals surface area (Å²) < 4.78 is 18.1. The molecule has 1 amide bonds. The largest absolute Gasteiger partial charge is 0.477 e. The number of β-lactam (4-membered cyclic amide) rings is 1. The van der Waals surface area contributed by atoms with Crippen molar-refractivity contribution in [2.45, 2.75) is 37.5 Å². The van der Waals surface area contributed by atoms with Crippen LogP contribution in [0.4, 0.5) is 4.39 Å². The molecule has 116 valence electrons. The molecule has 0 spiro atoms. The number of carbonyl (C=O) groups excluding carboxylic acids is 1. The van der Waals surface area contributed by atoms with Crippen LogP contribution in [0.15, 0.2) is 11.3 Å². The van der Waals surface area contributed by atoms with Gasteiger partial charge in [-0.25, -0.2) is 9.18 Å². The molecular formula is C14H18FNO5. The number of nitrogens with zero attached hydrogens (tertiary/aromatic N) is 1. The van der Waals surface area contributed by atoms with Gasteiger partial charge in [-0.1, -0.05) is 0 Å². The summed E-state index contributed by atoms with van der Waals surface area (Å²) in [5.74, 6) is -2.66. The number of alkyl halides is 1. The molecule has 0 aromatic heterocycles. The molecule has 1 saturated carbocycles. The van der Waals surface area contributed by atoms with Crippen LogP contribution in [-0.2, 0) is 14.3 Å². The zero-order valence-corrected chi connectivity index (χ0v) is 11.7. The van der Waals surface area contributed by atoms with Gasteiger partial charge >= 0.3 is 5.97 Å². The molecule has 2 aliphatic heterocycles. The zero-order valence-electron chi connectivity index (χ0n) is 11.7. The number of aliphatic hydroxyl groups is 1. The van der Waals surface area contributed by atoms with E-state index in [2.05, 4.69) is 0 Å². The number of fused-ring (bicyclic) bond motifs is 3. The molecule has 2 heterocycles. The maximum absolute atomic E-state index is 12.7. The number of carboxylic acid groups (broad SMARTS) is 1. The zero-order chi connectivity index (χ0) is 15.3. The van der Waals surface area contributed by atoms with Crippen molar-refractivity contribution in [2.75, 3.05) is 13.8 Å². The summed E-state index contributed by atoms with van der Waals surface area (Å²) in [7, 11) is 1.52. The Bertz CT molecular complexity index is 519. The first-order chi connectivity index (χ1) is 10.0. The summed E-state index contributed by atoms with van der Waals surface area (Å²) in [5, 5.41) is 19.2. The van der Waals surface area contributed by atoms with E-state index in [1.165, 1.54) is 12.0 Å². The molecule has 0 aromatic rings. The monoisotopic (exact) mass is 299 g/mol. The standard InChI is InChI=1S/C14H18FNO5/c1-21-8-4-2-3-6-9(8)12(14(19)20)16-11(6)10(13(16)18)7(17)5-15/h6-8,10-11,17H,2-5H2,1H3,(H,19,20)/t6-,7+,8-,10?,11+/m0/s1. The summed E-state index contributed by atoms with van der Waals surface area (Å²) >= 11 is 0. The summed E-state index contributed by atoms with van der Waals surface area (Å²) in [5.41, 5.74) is 0.604. The fourth-order valence-electron chi connectivity index (χ4n) is 4.08. The van der Waals surface area contributed by atoms with Crippen molar-refractivity contribution in [2.24, 2.45) is 11.8 Å². The predicted molar refractivity (Wildman–Crippen MR) is 68.9 cm³/mol. The number of aliphatic hydroxyl groups excluding tert-OH is 1. The Labute approximate surface area is 121 Å². The van der Waals surface area contributed by atoms with Gasteiger partial charge in [-0.2, -0.15) is 0 Å². The Morgan fingerprint density at radius 2 is 2.24 bits per heavy atom. The van der Waals surface area contributed by atoms with Crippen LogP contribution in [-0.4, -0.2) is 59.0 Å². The highest BCUT2D eigenvalue weighted by molar-refractivity contribution is 6.00. The molecule has 2 fully saturated rings. The number of carboxylic acids is 1. The average Bonchev–Trinajstić information content (AvgIpc) is 2.78. The molecule has 5 atom stereocenters. The molecule has 0 radical (unpaired) electrons. The van der Waals surface area contributed by atoms with Gasteiger partial charge < -0.3 is 19.8 Å². The first-order valence-corrected chi connectivity index (χ1v) is 7.10. The minimum Gasteiger partial charge on any atom is -0.477 e. The second kappa shape index (κ2) is 5.06. The molecule has 6 nitrogen and oxygen atoms in total. The van der Waals surface area contributed by atoms with Gasteiger partial charge in [-0.05, 0) is 24.8 Å². The predicted octanol–water partition coefficient (Wildman–Crippen LogP) is 0.311. The molecule has 1 unspecified atom stereocenters. The molecule has 0 aromatic carbocycles. The van der Waals surface area contributed by atoms with Crippen LogP contribution < -0.4 is 0 Å². The topological polar surface area (TPSA) is 87.1 Å². The molecular weight excluding hydrogens is 281 g/mol. The van der Waals surface area contributed by atoms with E-state index in [4.69, 9.17) is 4.74 Å². The highest BCUT2D eigenvalue weighted by Gasteiger charge is 2.62. The van der Waals surface area contributed by atoms with Gasteiger partial charge in [0.2, 0.25) is 5.91 Å². The van der Waals surface area contributed by atoms with E-state index in [0.717, 1.165) is 12.8 Å². The Balaban J connectivity index is 2.01. The van der Waals surface area contributed by atoms with Crippen molar-refractivity contribution in [3.8, 4) is 0 Å². The van der Waals surface area contributed by atoms with E-state index in [9.17, 15) is 24.2 Å². The third-order valence-corrected chi connectivity index (χ3v) is 4.90. The van der Waals surface area contributed by atoms with Crippen LogP contribution in [0.2, 0.25) is 0 Å². The van der Waals surface area contributed by atoms with E-state index in [0.29, 0.717) is 12.0 Å². The van der Waals surface area contributed by atoms with Gasteiger partial charge in [0.25, 0.3) is 0 Å². The van der Waals surface area contributed by atoms with Crippen LogP contribution >= 0.6 is 0 Å². The van der Waals surface area contributed by atoms with E-state index in [1.807, 2.05) is 0 Å². The van der Waals surface area contributed by atoms with E-state index >= 15 is 0 Å². The van der Waals surface area contributed by atoms with Crippen molar-refractivity contribution in [3.63, 3.8) is 0 Å². The van der Waals surface area contributed by atoms with E-state index in [-0.39, 0.29) is 17.7 Å². The molecule has 2 N–H and O–H groups in total. The van der Waals surface area contributed by atoms with Gasteiger partial charge in [0.05, 0.1) is 24.2 Å². The number of rotatable bonds is 4. The quantitative estimate of drug-likeness (QED) is 0.730. The Hall–Kier alpha value is -1.47. The number of hydrogen-bond donors (Lipinski definition) is 2. The summed E-state index contributed by atoms with van der Waals surface area (Å²) in [6.45, 7) is -1.00. The highest BCUT2D eigenvalue weighted by Crippen LogP contribution is 2.52. The Morgan fingerprint density at radius 3 is 2.81 bits per heavy atom. The smallest absolute Gasteiger partial charge is 0.352 e. The van der Waals surface area contributed by atoms with E-state index < -0.39 is 36.6 Å². The molecule has 3 aliphatic rings. The third-order valence-electron chi connectivity index (χ3n) is 4.90. The summed E-state index contributed by atoms with van der Waals surface area (Å²) in [4.78, 5) is 24.9. The second-order valence-electron chi connectivity index (χ2n) is 5.82. The van der Waals surface area contributed by atoms with Crippen LogP contribution in [0.25, 0.3) is 0 Å².